The molecule has 4 rings (SSSR count). The first kappa shape index (κ1) is 21.9. The molecule has 0 spiro atoms. The second-order valence-electron chi connectivity index (χ2n) is 7.58. The number of rotatable bonds is 5. The van der Waals surface area contributed by atoms with E-state index in [1.165, 1.54) is 0 Å². The number of amides is 1. The van der Waals surface area contributed by atoms with Crippen molar-refractivity contribution < 1.29 is 9.59 Å². The summed E-state index contributed by atoms with van der Waals surface area (Å²) in [5.74, 6) is -0.173. The van der Waals surface area contributed by atoms with Crippen LogP contribution >= 0.6 is 34.8 Å². The summed E-state index contributed by atoms with van der Waals surface area (Å²) in [6, 6.07) is 12.5. The Labute approximate surface area is 195 Å². The van der Waals surface area contributed by atoms with E-state index in [0.717, 1.165) is 5.56 Å². The number of likely N-dealkylation sites (tertiary alicyclic amines) is 1. The molecule has 160 valence electrons. The van der Waals surface area contributed by atoms with Crippen LogP contribution < -0.4 is 0 Å². The zero-order valence-electron chi connectivity index (χ0n) is 16.6. The molecule has 2 aromatic carbocycles. The number of carbonyl (C=O) groups is 2. The molecule has 2 heterocycles. The first-order valence-corrected chi connectivity index (χ1v) is 11.1. The van der Waals surface area contributed by atoms with Gasteiger partial charge in [-0.15, -0.1) is 0 Å². The molecule has 0 saturated carbocycles. The number of carbonyl (C=O) groups excluding carboxylic acids is 2. The number of hydrogen-bond acceptors (Lipinski definition) is 3. The molecule has 0 atom stereocenters. The van der Waals surface area contributed by atoms with E-state index in [4.69, 9.17) is 34.8 Å². The number of aromatic nitrogens is 2. The van der Waals surface area contributed by atoms with E-state index in [1.54, 1.807) is 40.2 Å². The molecule has 3 aromatic rings. The summed E-state index contributed by atoms with van der Waals surface area (Å²) >= 11 is 18.2. The van der Waals surface area contributed by atoms with Gasteiger partial charge < -0.3 is 4.90 Å². The van der Waals surface area contributed by atoms with Gasteiger partial charge >= 0.3 is 0 Å². The summed E-state index contributed by atoms with van der Waals surface area (Å²) in [5.41, 5.74) is 2.02. The van der Waals surface area contributed by atoms with Gasteiger partial charge in [0.1, 0.15) is 0 Å². The molecule has 5 nitrogen and oxygen atoms in total. The molecule has 0 radical (unpaired) electrons. The first-order valence-electron chi connectivity index (χ1n) is 9.97. The lowest BCUT2D eigenvalue weighted by Crippen LogP contribution is -2.40. The number of halogens is 3. The van der Waals surface area contributed by atoms with Crippen LogP contribution in [0.3, 0.4) is 0 Å². The fraction of sp³-hybridized carbons (Fsp3) is 0.261. The summed E-state index contributed by atoms with van der Waals surface area (Å²) in [5, 5.41) is 5.76. The smallest absolute Gasteiger partial charge is 0.257 e. The number of benzene rings is 2. The van der Waals surface area contributed by atoms with Gasteiger partial charge in [-0.2, -0.15) is 5.10 Å². The Morgan fingerprint density at radius 3 is 2.39 bits per heavy atom. The van der Waals surface area contributed by atoms with Crippen molar-refractivity contribution in [3.05, 3.63) is 86.6 Å². The van der Waals surface area contributed by atoms with Gasteiger partial charge in [0.2, 0.25) is 0 Å². The van der Waals surface area contributed by atoms with E-state index >= 15 is 0 Å². The predicted molar refractivity (Wildman–Crippen MR) is 122 cm³/mol. The van der Waals surface area contributed by atoms with Crippen molar-refractivity contribution in [2.45, 2.75) is 19.4 Å². The van der Waals surface area contributed by atoms with Gasteiger partial charge in [0.05, 0.1) is 28.4 Å². The van der Waals surface area contributed by atoms with E-state index in [1.807, 2.05) is 24.3 Å². The Balaban J connectivity index is 1.36. The third kappa shape index (κ3) is 4.95. The Hall–Kier alpha value is -2.34. The molecule has 0 unspecified atom stereocenters. The van der Waals surface area contributed by atoms with Gasteiger partial charge in [0.15, 0.2) is 5.78 Å². The molecule has 1 saturated heterocycles. The Morgan fingerprint density at radius 1 is 0.935 bits per heavy atom. The summed E-state index contributed by atoms with van der Waals surface area (Å²) in [6.07, 6.45) is 4.53. The fourth-order valence-electron chi connectivity index (χ4n) is 3.77. The van der Waals surface area contributed by atoms with E-state index in [9.17, 15) is 9.59 Å². The lowest BCUT2D eigenvalue weighted by Gasteiger charge is -2.31. The minimum Gasteiger partial charge on any atom is -0.339 e. The van der Waals surface area contributed by atoms with Crippen LogP contribution in [0.2, 0.25) is 15.1 Å². The van der Waals surface area contributed by atoms with Gasteiger partial charge in [0.25, 0.3) is 5.91 Å². The van der Waals surface area contributed by atoms with E-state index in [0.29, 0.717) is 58.7 Å². The van der Waals surface area contributed by atoms with Crippen molar-refractivity contribution in [3.63, 3.8) is 0 Å². The highest BCUT2D eigenvalue weighted by molar-refractivity contribution is 6.42. The van der Waals surface area contributed by atoms with Crippen molar-refractivity contribution in [2.24, 2.45) is 5.92 Å². The zero-order chi connectivity index (χ0) is 22.0. The predicted octanol–water partition coefficient (Wildman–Crippen LogP) is 5.63. The average Bonchev–Trinajstić information content (AvgIpc) is 3.25. The molecule has 1 amide bonds. The highest BCUT2D eigenvalue weighted by Gasteiger charge is 2.29. The molecule has 8 heteroatoms. The molecule has 0 N–H and O–H groups in total. The van der Waals surface area contributed by atoms with Crippen LogP contribution in [0.5, 0.6) is 0 Å². The third-order valence-corrected chi connectivity index (χ3v) is 6.64. The molecule has 1 aromatic heterocycles. The summed E-state index contributed by atoms with van der Waals surface area (Å²) in [7, 11) is 0. The Kier molecular flexibility index (Phi) is 6.65. The number of ketones is 1. The zero-order valence-corrected chi connectivity index (χ0v) is 18.9. The van der Waals surface area contributed by atoms with Crippen molar-refractivity contribution in [1.29, 1.82) is 0 Å². The van der Waals surface area contributed by atoms with Crippen molar-refractivity contribution in [1.82, 2.24) is 14.7 Å². The number of Topliss-reactive ketones (excluding diaryl/α,β-unsaturated/α-hetero) is 1. The van der Waals surface area contributed by atoms with Crippen molar-refractivity contribution in [3.8, 4) is 0 Å². The molecule has 1 aliphatic heterocycles. The van der Waals surface area contributed by atoms with Crippen LogP contribution in [-0.4, -0.2) is 39.5 Å². The molecular formula is C23H20Cl3N3O2. The minimum atomic E-state index is -0.135. The topological polar surface area (TPSA) is 55.2 Å². The molecule has 1 aliphatic rings. The second kappa shape index (κ2) is 9.43. The fourth-order valence-corrected chi connectivity index (χ4v) is 4.27. The van der Waals surface area contributed by atoms with Crippen molar-refractivity contribution in [2.75, 3.05) is 13.1 Å². The molecular weight excluding hydrogens is 457 g/mol. The van der Waals surface area contributed by atoms with Crippen LogP contribution in [0.4, 0.5) is 0 Å². The minimum absolute atomic E-state index is 0.0400. The van der Waals surface area contributed by atoms with Gasteiger partial charge in [-0.25, -0.2) is 0 Å². The quantitative estimate of drug-likeness (QED) is 0.449. The maximum absolute atomic E-state index is 12.9. The monoisotopic (exact) mass is 475 g/mol. The van der Waals surface area contributed by atoms with Crippen LogP contribution in [0.25, 0.3) is 0 Å². The summed E-state index contributed by atoms with van der Waals surface area (Å²) in [6.45, 7) is 1.53. The highest BCUT2D eigenvalue weighted by atomic mass is 35.5. The van der Waals surface area contributed by atoms with Crippen LogP contribution in [0.15, 0.2) is 54.9 Å². The normalized spacial score (nSPS) is 14.6. The molecule has 0 aliphatic carbocycles. The standard InChI is InChI=1S/C23H20Cl3N3O2/c24-19-4-2-1-3-17(19)13-29-14-18(12-27-29)23(31)28-9-7-15(8-10-28)22(30)16-5-6-20(25)21(26)11-16/h1-6,11-12,14-15H,7-10,13H2. The highest BCUT2D eigenvalue weighted by Crippen LogP contribution is 2.27. The van der Waals surface area contributed by atoms with Crippen LogP contribution in [-0.2, 0) is 6.54 Å². The molecule has 31 heavy (non-hydrogen) atoms. The third-order valence-electron chi connectivity index (χ3n) is 5.53. The Morgan fingerprint density at radius 2 is 1.68 bits per heavy atom. The van der Waals surface area contributed by atoms with Crippen LogP contribution in [0, 0.1) is 5.92 Å². The SMILES string of the molecule is O=C(c1ccc(Cl)c(Cl)c1)C1CCN(C(=O)c2cnn(Cc3ccccc3Cl)c2)CC1. The van der Waals surface area contributed by atoms with Crippen LogP contribution in [0.1, 0.15) is 39.1 Å². The number of nitrogens with zero attached hydrogens (tertiary/aromatic N) is 3. The van der Waals surface area contributed by atoms with E-state index in [2.05, 4.69) is 5.10 Å². The summed E-state index contributed by atoms with van der Waals surface area (Å²) < 4.78 is 1.70. The van der Waals surface area contributed by atoms with Gasteiger partial charge in [0, 0.05) is 35.8 Å². The first-order chi connectivity index (χ1) is 14.9. The Bertz CT molecular complexity index is 1120. The number of hydrogen-bond donors (Lipinski definition) is 0. The van der Waals surface area contributed by atoms with Gasteiger partial charge in [-0.3, -0.25) is 14.3 Å². The maximum atomic E-state index is 12.9. The van der Waals surface area contributed by atoms with Crippen molar-refractivity contribution >= 4 is 46.5 Å². The average molecular weight is 477 g/mol. The maximum Gasteiger partial charge on any atom is 0.257 e. The number of piperidine rings is 1. The molecule has 1 fully saturated rings. The molecule has 0 bridgehead atoms. The lowest BCUT2D eigenvalue weighted by molar-refractivity contribution is 0.0650. The van der Waals surface area contributed by atoms with Gasteiger partial charge in [-0.05, 0) is 42.7 Å². The lowest BCUT2D eigenvalue weighted by atomic mass is 9.88. The van der Waals surface area contributed by atoms with E-state index in [-0.39, 0.29) is 17.6 Å². The summed E-state index contributed by atoms with van der Waals surface area (Å²) in [4.78, 5) is 27.4. The van der Waals surface area contributed by atoms with Gasteiger partial charge in [-0.1, -0.05) is 53.0 Å². The van der Waals surface area contributed by atoms with E-state index < -0.39 is 0 Å². The largest absolute Gasteiger partial charge is 0.339 e. The second-order valence-corrected chi connectivity index (χ2v) is 8.80.